The summed E-state index contributed by atoms with van der Waals surface area (Å²) in [6, 6.07) is 11.5. The molecule has 8 heteroatoms. The molecule has 1 N–H and O–H groups in total. The summed E-state index contributed by atoms with van der Waals surface area (Å²) < 4.78 is 16.9. The lowest BCUT2D eigenvalue weighted by Gasteiger charge is -2.27. The maximum Gasteiger partial charge on any atom is 0.295 e. The van der Waals surface area contributed by atoms with Crippen molar-refractivity contribution >= 4 is 17.4 Å². The summed E-state index contributed by atoms with van der Waals surface area (Å²) in [5, 5.41) is 11.4. The van der Waals surface area contributed by atoms with Crippen molar-refractivity contribution in [2.75, 3.05) is 46.0 Å². The van der Waals surface area contributed by atoms with Crippen LogP contribution >= 0.6 is 0 Å². The molecule has 196 valence electrons. The molecule has 1 atom stereocenters. The number of rotatable bonds is 11. The van der Waals surface area contributed by atoms with Gasteiger partial charge in [-0.2, -0.15) is 0 Å². The van der Waals surface area contributed by atoms with Crippen LogP contribution in [0.15, 0.2) is 60.7 Å². The minimum Gasteiger partial charge on any atom is -0.507 e. The molecular weight excluding hydrogens is 472 g/mol. The molecule has 0 unspecified atom stereocenters. The third-order valence-corrected chi connectivity index (χ3v) is 6.67. The summed E-state index contributed by atoms with van der Waals surface area (Å²) in [6.45, 7) is 12.0. The summed E-state index contributed by atoms with van der Waals surface area (Å²) in [6.07, 6.45) is 2.34. The molecule has 2 aromatic carbocycles. The Hall–Kier alpha value is -3.78. The number of benzene rings is 2. The van der Waals surface area contributed by atoms with Crippen LogP contribution in [0.5, 0.6) is 17.2 Å². The zero-order valence-electron chi connectivity index (χ0n) is 21.4. The highest BCUT2D eigenvalue weighted by molar-refractivity contribution is 6.46. The number of ketones is 1. The standard InChI is InChI=1S/C29H34N2O6/c1-4-15-35-22-10-7-9-20(18-22)26-25(27(32)21-11-12-23-24(19-21)37-17-16-36-23)28(33)29(34)31(26)14-8-13-30(5-2)6-3/h4,7,9-12,18-19,26,32H,1,5-6,8,13-17H2,2-3H3/b27-25+/t26-/m0/s1. The molecule has 2 aliphatic rings. The molecule has 0 aliphatic carbocycles. The average molecular weight is 507 g/mol. The van der Waals surface area contributed by atoms with Crippen LogP contribution in [0.4, 0.5) is 0 Å². The predicted octanol–water partition coefficient (Wildman–Crippen LogP) is 4.18. The van der Waals surface area contributed by atoms with Gasteiger partial charge in [0.1, 0.15) is 31.3 Å². The minimum atomic E-state index is -0.753. The number of hydrogen-bond donors (Lipinski definition) is 1. The Morgan fingerprint density at radius 3 is 2.62 bits per heavy atom. The van der Waals surface area contributed by atoms with E-state index in [1.165, 1.54) is 0 Å². The summed E-state index contributed by atoms with van der Waals surface area (Å²) in [5.41, 5.74) is 1.11. The van der Waals surface area contributed by atoms with Crippen LogP contribution in [0.25, 0.3) is 5.76 Å². The Morgan fingerprint density at radius 2 is 1.89 bits per heavy atom. The van der Waals surface area contributed by atoms with Gasteiger partial charge in [0, 0.05) is 12.1 Å². The topological polar surface area (TPSA) is 88.5 Å². The number of aliphatic hydroxyl groups is 1. The maximum atomic E-state index is 13.3. The number of amides is 1. The fourth-order valence-electron chi connectivity index (χ4n) is 4.74. The van der Waals surface area contributed by atoms with Crippen LogP contribution in [-0.2, 0) is 9.59 Å². The van der Waals surface area contributed by atoms with Crippen molar-refractivity contribution in [3.8, 4) is 17.2 Å². The zero-order valence-corrected chi connectivity index (χ0v) is 21.4. The molecule has 2 aliphatic heterocycles. The Labute approximate surface area is 217 Å². The second-order valence-corrected chi connectivity index (χ2v) is 8.90. The summed E-state index contributed by atoms with van der Waals surface area (Å²) in [5.74, 6) is 0.0662. The Morgan fingerprint density at radius 1 is 1.14 bits per heavy atom. The predicted molar refractivity (Wildman–Crippen MR) is 141 cm³/mol. The van der Waals surface area contributed by atoms with Crippen molar-refractivity contribution < 1.29 is 28.9 Å². The van der Waals surface area contributed by atoms with Crippen LogP contribution in [0.3, 0.4) is 0 Å². The lowest BCUT2D eigenvalue weighted by atomic mass is 9.95. The molecule has 1 fully saturated rings. The number of carbonyl (C=O) groups is 2. The fourth-order valence-corrected chi connectivity index (χ4v) is 4.74. The van der Waals surface area contributed by atoms with E-state index in [4.69, 9.17) is 14.2 Å². The number of hydrogen-bond acceptors (Lipinski definition) is 7. The monoisotopic (exact) mass is 506 g/mol. The number of aliphatic hydroxyl groups excluding tert-OH is 1. The van der Waals surface area contributed by atoms with Gasteiger partial charge in [-0.05, 0) is 62.0 Å². The largest absolute Gasteiger partial charge is 0.507 e. The van der Waals surface area contributed by atoms with E-state index in [0.717, 1.165) is 19.6 Å². The smallest absolute Gasteiger partial charge is 0.295 e. The van der Waals surface area contributed by atoms with Crippen LogP contribution in [0.2, 0.25) is 0 Å². The van der Waals surface area contributed by atoms with Gasteiger partial charge in [-0.1, -0.05) is 38.6 Å². The molecule has 0 bridgehead atoms. The number of fused-ring (bicyclic) bond motifs is 1. The van der Waals surface area contributed by atoms with Gasteiger partial charge in [0.05, 0.1) is 11.6 Å². The first-order valence-electron chi connectivity index (χ1n) is 12.7. The molecular formula is C29H34N2O6. The SMILES string of the molecule is C=CCOc1cccc([C@H]2/C(=C(\O)c3ccc4c(c3)OCCO4)C(=O)C(=O)N2CCCN(CC)CC)c1. The number of nitrogens with zero attached hydrogens (tertiary/aromatic N) is 2. The molecule has 0 spiro atoms. The van der Waals surface area contributed by atoms with Gasteiger partial charge in [0.2, 0.25) is 0 Å². The van der Waals surface area contributed by atoms with Gasteiger partial charge in [-0.25, -0.2) is 0 Å². The molecule has 4 rings (SSSR count). The van der Waals surface area contributed by atoms with E-state index in [-0.39, 0.29) is 11.3 Å². The number of Topliss-reactive ketones (excluding diaryl/α,β-unsaturated/α-hetero) is 1. The lowest BCUT2D eigenvalue weighted by Crippen LogP contribution is -2.33. The van der Waals surface area contributed by atoms with Crippen molar-refractivity contribution in [1.82, 2.24) is 9.80 Å². The first-order valence-corrected chi connectivity index (χ1v) is 12.7. The van der Waals surface area contributed by atoms with Crippen molar-refractivity contribution in [3.63, 3.8) is 0 Å². The van der Waals surface area contributed by atoms with Gasteiger partial charge in [0.15, 0.2) is 11.5 Å². The van der Waals surface area contributed by atoms with E-state index >= 15 is 0 Å². The highest BCUT2D eigenvalue weighted by Crippen LogP contribution is 2.41. The molecule has 2 heterocycles. The van der Waals surface area contributed by atoms with Crippen LogP contribution in [0.1, 0.15) is 37.4 Å². The van der Waals surface area contributed by atoms with Crippen LogP contribution < -0.4 is 14.2 Å². The van der Waals surface area contributed by atoms with E-state index < -0.39 is 17.7 Å². The lowest BCUT2D eigenvalue weighted by molar-refractivity contribution is -0.140. The van der Waals surface area contributed by atoms with Crippen molar-refractivity contribution in [1.29, 1.82) is 0 Å². The summed E-state index contributed by atoms with van der Waals surface area (Å²) >= 11 is 0. The average Bonchev–Trinajstić information content (AvgIpc) is 3.18. The van der Waals surface area contributed by atoms with E-state index in [2.05, 4.69) is 25.3 Å². The second kappa shape index (κ2) is 12.0. The number of ether oxygens (including phenoxy) is 3. The molecule has 1 saturated heterocycles. The van der Waals surface area contributed by atoms with Crippen LogP contribution in [-0.4, -0.2) is 72.6 Å². The van der Waals surface area contributed by atoms with E-state index in [0.29, 0.717) is 61.2 Å². The highest BCUT2D eigenvalue weighted by Gasteiger charge is 2.46. The van der Waals surface area contributed by atoms with Gasteiger partial charge >= 0.3 is 0 Å². The minimum absolute atomic E-state index is 0.0467. The van der Waals surface area contributed by atoms with Gasteiger partial charge in [-0.15, -0.1) is 0 Å². The summed E-state index contributed by atoms with van der Waals surface area (Å²) in [7, 11) is 0. The number of carbonyl (C=O) groups excluding carboxylic acids is 2. The van der Waals surface area contributed by atoms with Crippen molar-refractivity contribution in [2.24, 2.45) is 0 Å². The molecule has 2 aromatic rings. The third kappa shape index (κ3) is 5.64. The molecule has 37 heavy (non-hydrogen) atoms. The first kappa shape index (κ1) is 26.3. The van der Waals surface area contributed by atoms with Crippen molar-refractivity contribution in [2.45, 2.75) is 26.3 Å². The van der Waals surface area contributed by atoms with Gasteiger partial charge in [-0.3, -0.25) is 9.59 Å². The van der Waals surface area contributed by atoms with E-state index in [9.17, 15) is 14.7 Å². The Kier molecular flexibility index (Phi) is 8.50. The fraction of sp³-hybridized carbons (Fsp3) is 0.379. The highest BCUT2D eigenvalue weighted by atomic mass is 16.6. The third-order valence-electron chi connectivity index (χ3n) is 6.67. The Bertz CT molecular complexity index is 1190. The van der Waals surface area contributed by atoms with Gasteiger partial charge < -0.3 is 29.1 Å². The molecule has 0 radical (unpaired) electrons. The Balaban J connectivity index is 1.75. The molecule has 0 saturated carbocycles. The molecule has 1 amide bonds. The maximum absolute atomic E-state index is 13.3. The zero-order chi connectivity index (χ0) is 26.4. The quantitative estimate of drug-likeness (QED) is 0.212. The normalized spacial score (nSPS) is 18.4. The first-order chi connectivity index (χ1) is 18.0. The van der Waals surface area contributed by atoms with Crippen LogP contribution in [0, 0.1) is 0 Å². The van der Waals surface area contributed by atoms with E-state index in [1.807, 2.05) is 12.1 Å². The van der Waals surface area contributed by atoms with Crippen molar-refractivity contribution in [3.05, 3.63) is 71.8 Å². The number of likely N-dealkylation sites (tertiary alicyclic amines) is 1. The second-order valence-electron chi connectivity index (χ2n) is 8.90. The van der Waals surface area contributed by atoms with Gasteiger partial charge in [0.25, 0.3) is 11.7 Å². The molecule has 0 aromatic heterocycles. The van der Waals surface area contributed by atoms with E-state index in [1.54, 1.807) is 41.3 Å². The molecule has 8 nitrogen and oxygen atoms in total. The summed E-state index contributed by atoms with van der Waals surface area (Å²) in [4.78, 5) is 30.4.